The van der Waals surface area contributed by atoms with Crippen molar-refractivity contribution in [2.45, 2.75) is 0 Å². The molecule has 0 aliphatic heterocycles. The number of hydrogen-bond acceptors (Lipinski definition) is 4. The number of aromatic amines is 1. The highest BCUT2D eigenvalue weighted by Crippen LogP contribution is 2.26. The number of para-hydroxylation sites is 1. The Bertz CT molecular complexity index is 1300. The number of H-pyrrole nitrogens is 1. The van der Waals surface area contributed by atoms with Gasteiger partial charge >= 0.3 is 0 Å². The van der Waals surface area contributed by atoms with Gasteiger partial charge in [0.05, 0.1) is 10.9 Å². The number of nitrogens with one attached hydrogen (secondary N) is 1. The van der Waals surface area contributed by atoms with Gasteiger partial charge in [-0.3, -0.25) is 4.79 Å². The average Bonchev–Trinajstić information content (AvgIpc) is 3.16. The molecule has 5 heteroatoms. The number of aromatic nitrogens is 3. The van der Waals surface area contributed by atoms with E-state index in [0.29, 0.717) is 16.7 Å². The first-order valence-corrected chi connectivity index (χ1v) is 8.21. The molecule has 0 aliphatic carbocycles. The molecule has 0 saturated carbocycles. The van der Waals surface area contributed by atoms with E-state index in [-0.39, 0.29) is 5.56 Å². The van der Waals surface area contributed by atoms with Crippen molar-refractivity contribution in [1.82, 2.24) is 15.0 Å². The van der Waals surface area contributed by atoms with Crippen LogP contribution in [0, 0.1) is 0 Å². The molecule has 0 bridgehead atoms. The van der Waals surface area contributed by atoms with Crippen LogP contribution in [0.5, 0.6) is 0 Å². The molecule has 0 radical (unpaired) electrons. The van der Waals surface area contributed by atoms with Crippen molar-refractivity contribution in [3.8, 4) is 22.5 Å². The van der Waals surface area contributed by atoms with Gasteiger partial charge in [-0.05, 0) is 35.4 Å². The molecule has 0 amide bonds. The fraction of sp³-hybridized carbons (Fsp3) is 0. The second-order valence-corrected chi connectivity index (χ2v) is 6.04. The van der Waals surface area contributed by atoms with E-state index in [9.17, 15) is 4.79 Å². The molecule has 0 aliphatic rings. The fourth-order valence-corrected chi connectivity index (χ4v) is 3.08. The highest BCUT2D eigenvalue weighted by Gasteiger charge is 2.07. The van der Waals surface area contributed by atoms with Gasteiger partial charge in [-0.25, -0.2) is 9.97 Å². The predicted molar refractivity (Wildman–Crippen MR) is 101 cm³/mol. The topological polar surface area (TPSA) is 71.8 Å². The molecule has 0 spiro atoms. The first-order chi connectivity index (χ1) is 12.8. The molecule has 2 heterocycles. The third kappa shape index (κ3) is 2.38. The number of benzene rings is 3. The van der Waals surface area contributed by atoms with E-state index in [1.54, 1.807) is 6.07 Å². The van der Waals surface area contributed by atoms with E-state index < -0.39 is 0 Å². The van der Waals surface area contributed by atoms with Gasteiger partial charge in [0.2, 0.25) is 0 Å². The minimum atomic E-state index is -0.133. The van der Waals surface area contributed by atoms with Gasteiger partial charge in [0.1, 0.15) is 11.3 Å². The number of oxazole rings is 1. The Hall–Kier alpha value is -3.73. The van der Waals surface area contributed by atoms with Gasteiger partial charge in [0, 0.05) is 5.56 Å². The largest absolute Gasteiger partial charge is 0.443 e. The summed E-state index contributed by atoms with van der Waals surface area (Å²) in [6, 6.07) is 21.1. The molecule has 26 heavy (non-hydrogen) atoms. The Kier molecular flexibility index (Phi) is 3.18. The van der Waals surface area contributed by atoms with Crippen LogP contribution in [0.2, 0.25) is 0 Å². The SMILES string of the molecule is O=c1[nH]c(-c2ccc(-c3ccc4ocnc4c3)cc2)nc2ccccc12. The lowest BCUT2D eigenvalue weighted by Gasteiger charge is -2.05. The molecule has 3 aromatic carbocycles. The molecule has 5 rings (SSSR count). The van der Waals surface area contributed by atoms with Crippen LogP contribution in [0.15, 0.2) is 82.3 Å². The van der Waals surface area contributed by atoms with Crippen molar-refractivity contribution >= 4 is 22.0 Å². The van der Waals surface area contributed by atoms with E-state index >= 15 is 0 Å². The van der Waals surface area contributed by atoms with E-state index in [2.05, 4.69) is 15.0 Å². The minimum absolute atomic E-state index is 0.133. The molecule has 0 fully saturated rings. The zero-order chi connectivity index (χ0) is 17.5. The summed E-state index contributed by atoms with van der Waals surface area (Å²) < 4.78 is 5.28. The summed E-state index contributed by atoms with van der Waals surface area (Å²) in [5.41, 5.74) is 5.12. The van der Waals surface area contributed by atoms with Crippen LogP contribution in [-0.4, -0.2) is 15.0 Å². The third-order valence-electron chi connectivity index (χ3n) is 4.43. The molecule has 5 aromatic rings. The van der Waals surface area contributed by atoms with Crippen LogP contribution in [0.25, 0.3) is 44.5 Å². The maximum absolute atomic E-state index is 12.2. The molecular formula is C21H13N3O2. The van der Waals surface area contributed by atoms with Crippen molar-refractivity contribution in [2.24, 2.45) is 0 Å². The van der Waals surface area contributed by atoms with Crippen molar-refractivity contribution in [3.05, 3.63) is 83.5 Å². The van der Waals surface area contributed by atoms with Gasteiger partial charge in [0.15, 0.2) is 12.0 Å². The van der Waals surface area contributed by atoms with E-state index in [4.69, 9.17) is 4.42 Å². The first-order valence-electron chi connectivity index (χ1n) is 8.21. The van der Waals surface area contributed by atoms with Crippen LogP contribution in [0.3, 0.4) is 0 Å². The Morgan fingerprint density at radius 1 is 0.808 bits per heavy atom. The third-order valence-corrected chi connectivity index (χ3v) is 4.43. The van der Waals surface area contributed by atoms with E-state index in [1.165, 1.54) is 6.39 Å². The number of nitrogens with zero attached hydrogens (tertiary/aromatic N) is 2. The minimum Gasteiger partial charge on any atom is -0.443 e. The molecule has 124 valence electrons. The highest BCUT2D eigenvalue weighted by atomic mass is 16.3. The van der Waals surface area contributed by atoms with Gasteiger partial charge < -0.3 is 9.40 Å². The summed E-state index contributed by atoms with van der Waals surface area (Å²) in [5, 5.41) is 0.591. The van der Waals surface area contributed by atoms with Crippen molar-refractivity contribution in [1.29, 1.82) is 0 Å². The van der Waals surface area contributed by atoms with Gasteiger partial charge in [-0.1, -0.05) is 42.5 Å². The maximum Gasteiger partial charge on any atom is 0.259 e. The molecule has 2 aromatic heterocycles. The van der Waals surface area contributed by atoms with Crippen LogP contribution in [0.4, 0.5) is 0 Å². The maximum atomic E-state index is 12.2. The van der Waals surface area contributed by atoms with Crippen LogP contribution < -0.4 is 5.56 Å². The number of rotatable bonds is 2. The standard InChI is InChI=1S/C21H13N3O2/c25-21-16-3-1-2-4-17(16)23-20(24-21)14-7-5-13(6-8-14)15-9-10-19-18(11-15)22-12-26-19/h1-12H,(H,23,24,25). The summed E-state index contributed by atoms with van der Waals surface area (Å²) in [7, 11) is 0. The quantitative estimate of drug-likeness (QED) is 0.517. The highest BCUT2D eigenvalue weighted by molar-refractivity contribution is 5.81. The van der Waals surface area contributed by atoms with E-state index in [1.807, 2.05) is 60.7 Å². The number of fused-ring (bicyclic) bond motifs is 2. The summed E-state index contributed by atoms with van der Waals surface area (Å²) in [4.78, 5) is 23.9. The monoisotopic (exact) mass is 339 g/mol. The van der Waals surface area contributed by atoms with Crippen molar-refractivity contribution < 1.29 is 4.42 Å². The smallest absolute Gasteiger partial charge is 0.259 e. The molecule has 1 N–H and O–H groups in total. The summed E-state index contributed by atoms with van der Waals surface area (Å²) >= 11 is 0. The lowest BCUT2D eigenvalue weighted by atomic mass is 10.0. The predicted octanol–water partition coefficient (Wildman–Crippen LogP) is 4.40. The molecular weight excluding hydrogens is 326 g/mol. The lowest BCUT2D eigenvalue weighted by Crippen LogP contribution is -2.09. The summed E-state index contributed by atoms with van der Waals surface area (Å²) in [6.07, 6.45) is 1.44. The van der Waals surface area contributed by atoms with Crippen molar-refractivity contribution in [2.75, 3.05) is 0 Å². The normalized spacial score (nSPS) is 11.2. The Morgan fingerprint density at radius 2 is 1.58 bits per heavy atom. The van der Waals surface area contributed by atoms with Gasteiger partial charge in [0.25, 0.3) is 5.56 Å². The Labute approximate surface area is 148 Å². The van der Waals surface area contributed by atoms with Crippen LogP contribution in [-0.2, 0) is 0 Å². The second-order valence-electron chi connectivity index (χ2n) is 6.04. The molecule has 0 atom stereocenters. The Morgan fingerprint density at radius 3 is 2.46 bits per heavy atom. The van der Waals surface area contributed by atoms with E-state index in [0.717, 1.165) is 27.8 Å². The fourth-order valence-electron chi connectivity index (χ4n) is 3.08. The second kappa shape index (κ2) is 5.67. The van der Waals surface area contributed by atoms with Crippen LogP contribution in [0.1, 0.15) is 0 Å². The first kappa shape index (κ1) is 14.6. The van der Waals surface area contributed by atoms with Crippen LogP contribution >= 0.6 is 0 Å². The Balaban J connectivity index is 1.56. The zero-order valence-electron chi connectivity index (χ0n) is 13.6. The van der Waals surface area contributed by atoms with Gasteiger partial charge in [-0.2, -0.15) is 0 Å². The van der Waals surface area contributed by atoms with Gasteiger partial charge in [-0.15, -0.1) is 0 Å². The summed E-state index contributed by atoms with van der Waals surface area (Å²) in [5.74, 6) is 0.562. The lowest BCUT2D eigenvalue weighted by molar-refractivity contribution is 0.602. The summed E-state index contributed by atoms with van der Waals surface area (Å²) in [6.45, 7) is 0. The molecule has 5 nitrogen and oxygen atoms in total. The molecule has 0 unspecified atom stereocenters. The average molecular weight is 339 g/mol. The molecule has 0 saturated heterocycles. The van der Waals surface area contributed by atoms with Crippen molar-refractivity contribution in [3.63, 3.8) is 0 Å². The number of hydrogen-bond donors (Lipinski definition) is 1. The zero-order valence-corrected chi connectivity index (χ0v) is 13.6.